The number of fused-ring (bicyclic) bond motifs is 2. The van der Waals surface area contributed by atoms with Gasteiger partial charge in [0.05, 0.1) is 0 Å². The average molecular weight is 232 g/mol. The molecule has 17 heavy (non-hydrogen) atoms. The molecule has 2 atom stereocenters. The van der Waals surface area contributed by atoms with Gasteiger partial charge in [0, 0.05) is 36.9 Å². The highest BCUT2D eigenvalue weighted by molar-refractivity contribution is 5.39. The fourth-order valence-corrected chi connectivity index (χ4v) is 2.90. The number of anilines is 1. The fraction of sp³-hybridized carbons (Fsp3) is 0.692. The number of hydrogen-bond acceptors (Lipinski definition) is 4. The second-order valence-electron chi connectivity index (χ2n) is 5.09. The first kappa shape index (κ1) is 11.0. The van der Waals surface area contributed by atoms with Crippen LogP contribution < -0.4 is 10.2 Å². The summed E-state index contributed by atoms with van der Waals surface area (Å²) in [4.78, 5) is 11.1. The lowest BCUT2D eigenvalue weighted by Crippen LogP contribution is -2.35. The number of nitrogens with zero attached hydrogens (tertiary/aromatic N) is 3. The predicted octanol–water partition coefficient (Wildman–Crippen LogP) is 1.37. The van der Waals surface area contributed by atoms with Crippen LogP contribution in [0, 0.1) is 0 Å². The van der Waals surface area contributed by atoms with E-state index in [0.29, 0.717) is 6.04 Å². The molecule has 92 valence electrons. The molecular formula is C13H20N4. The number of nitrogens with one attached hydrogen (secondary N) is 1. The molecule has 2 aliphatic rings. The Bertz CT molecular complexity index is 393. The van der Waals surface area contributed by atoms with E-state index in [0.717, 1.165) is 37.1 Å². The van der Waals surface area contributed by atoms with Gasteiger partial charge in [-0.1, -0.05) is 6.92 Å². The van der Waals surface area contributed by atoms with Crippen molar-refractivity contribution in [3.05, 3.63) is 18.1 Å². The van der Waals surface area contributed by atoms with Crippen LogP contribution in [0.15, 0.2) is 12.4 Å². The Morgan fingerprint density at radius 3 is 3.06 bits per heavy atom. The summed E-state index contributed by atoms with van der Waals surface area (Å²) in [5.74, 6) is 1.10. The van der Waals surface area contributed by atoms with Crippen LogP contribution in [0.25, 0.3) is 0 Å². The van der Waals surface area contributed by atoms with Crippen LogP contribution in [0.2, 0.25) is 0 Å². The number of hydrogen-bond donors (Lipinski definition) is 1. The van der Waals surface area contributed by atoms with E-state index in [9.17, 15) is 0 Å². The van der Waals surface area contributed by atoms with Crippen LogP contribution in [0.4, 0.5) is 5.82 Å². The quantitative estimate of drug-likeness (QED) is 0.836. The van der Waals surface area contributed by atoms with Crippen LogP contribution in [0.1, 0.15) is 31.9 Å². The smallest absolute Gasteiger partial charge is 0.132 e. The minimum absolute atomic E-state index is 0.655. The predicted molar refractivity (Wildman–Crippen MR) is 68.2 cm³/mol. The number of rotatable bonds is 2. The lowest BCUT2D eigenvalue weighted by Gasteiger charge is -2.25. The van der Waals surface area contributed by atoms with E-state index in [1.807, 2.05) is 0 Å². The zero-order chi connectivity index (χ0) is 11.7. The molecule has 1 aromatic rings. The van der Waals surface area contributed by atoms with Crippen molar-refractivity contribution in [2.24, 2.45) is 0 Å². The van der Waals surface area contributed by atoms with Gasteiger partial charge in [0.15, 0.2) is 0 Å². The minimum Gasteiger partial charge on any atom is -0.355 e. The van der Waals surface area contributed by atoms with Crippen molar-refractivity contribution >= 4 is 5.82 Å². The Morgan fingerprint density at radius 1 is 1.29 bits per heavy atom. The lowest BCUT2D eigenvalue weighted by molar-refractivity contribution is 0.563. The van der Waals surface area contributed by atoms with Gasteiger partial charge in [-0.05, 0) is 25.7 Å². The van der Waals surface area contributed by atoms with E-state index in [1.165, 1.54) is 19.3 Å². The molecular weight excluding hydrogens is 212 g/mol. The van der Waals surface area contributed by atoms with Crippen molar-refractivity contribution in [2.45, 2.75) is 44.7 Å². The van der Waals surface area contributed by atoms with Crippen molar-refractivity contribution < 1.29 is 0 Å². The molecule has 1 aromatic heterocycles. The molecule has 2 unspecified atom stereocenters. The molecule has 0 saturated carbocycles. The first-order valence-electron chi connectivity index (χ1n) is 6.67. The third-order valence-corrected chi connectivity index (χ3v) is 3.92. The van der Waals surface area contributed by atoms with E-state index in [2.05, 4.69) is 33.2 Å². The standard InChI is InChI=1S/C13H20N4/c1-2-10-7-13(15-9-14-10)17-6-5-11-3-4-12(8-17)16-11/h7,9,11-12,16H,2-6,8H2,1H3. The zero-order valence-corrected chi connectivity index (χ0v) is 10.4. The molecule has 0 radical (unpaired) electrons. The number of aryl methyl sites for hydroxylation is 1. The maximum atomic E-state index is 4.42. The van der Waals surface area contributed by atoms with Crippen molar-refractivity contribution in [3.63, 3.8) is 0 Å². The van der Waals surface area contributed by atoms with Gasteiger partial charge in [0.1, 0.15) is 12.1 Å². The van der Waals surface area contributed by atoms with Crippen LogP contribution in [-0.4, -0.2) is 35.1 Å². The highest BCUT2D eigenvalue weighted by atomic mass is 15.2. The molecule has 2 aliphatic heterocycles. The third kappa shape index (κ3) is 2.27. The van der Waals surface area contributed by atoms with Gasteiger partial charge in [0.25, 0.3) is 0 Å². The van der Waals surface area contributed by atoms with Gasteiger partial charge in [-0.2, -0.15) is 0 Å². The first-order chi connectivity index (χ1) is 8.35. The van der Waals surface area contributed by atoms with Crippen molar-refractivity contribution in [2.75, 3.05) is 18.0 Å². The van der Waals surface area contributed by atoms with Gasteiger partial charge in [-0.15, -0.1) is 0 Å². The number of aromatic nitrogens is 2. The summed E-state index contributed by atoms with van der Waals surface area (Å²) in [5.41, 5.74) is 1.14. The molecule has 0 spiro atoms. The Balaban J connectivity index is 1.78. The Labute approximate surface area is 102 Å². The van der Waals surface area contributed by atoms with Gasteiger partial charge < -0.3 is 10.2 Å². The average Bonchev–Trinajstić information content (AvgIpc) is 2.69. The molecule has 2 bridgehead atoms. The summed E-state index contributed by atoms with van der Waals surface area (Å²) in [5, 5.41) is 3.70. The molecule has 3 rings (SSSR count). The maximum absolute atomic E-state index is 4.42. The summed E-state index contributed by atoms with van der Waals surface area (Å²) < 4.78 is 0. The monoisotopic (exact) mass is 232 g/mol. The second-order valence-corrected chi connectivity index (χ2v) is 5.09. The molecule has 0 amide bonds. The zero-order valence-electron chi connectivity index (χ0n) is 10.4. The third-order valence-electron chi connectivity index (χ3n) is 3.92. The van der Waals surface area contributed by atoms with E-state index in [-0.39, 0.29) is 0 Å². The first-order valence-corrected chi connectivity index (χ1v) is 6.67. The van der Waals surface area contributed by atoms with Crippen molar-refractivity contribution in [1.82, 2.24) is 15.3 Å². The molecule has 2 fully saturated rings. The summed E-state index contributed by atoms with van der Waals surface area (Å²) in [6.07, 6.45) is 6.58. The van der Waals surface area contributed by atoms with E-state index < -0.39 is 0 Å². The van der Waals surface area contributed by atoms with E-state index in [1.54, 1.807) is 6.33 Å². The molecule has 1 N–H and O–H groups in total. The summed E-state index contributed by atoms with van der Waals surface area (Å²) in [6, 6.07) is 3.53. The fourth-order valence-electron chi connectivity index (χ4n) is 2.90. The summed E-state index contributed by atoms with van der Waals surface area (Å²) in [7, 11) is 0. The van der Waals surface area contributed by atoms with Gasteiger partial charge in [-0.3, -0.25) is 0 Å². The van der Waals surface area contributed by atoms with Crippen LogP contribution in [0.3, 0.4) is 0 Å². The van der Waals surface area contributed by atoms with E-state index >= 15 is 0 Å². The molecule has 4 nitrogen and oxygen atoms in total. The summed E-state index contributed by atoms with van der Waals surface area (Å²) >= 11 is 0. The molecule has 0 aromatic carbocycles. The maximum Gasteiger partial charge on any atom is 0.132 e. The molecule has 2 saturated heterocycles. The molecule has 0 aliphatic carbocycles. The van der Waals surface area contributed by atoms with Crippen LogP contribution in [0.5, 0.6) is 0 Å². The highest BCUT2D eigenvalue weighted by Gasteiger charge is 2.29. The topological polar surface area (TPSA) is 41.0 Å². The lowest BCUT2D eigenvalue weighted by atomic mass is 10.1. The Hall–Kier alpha value is -1.16. The molecule has 4 heteroatoms. The van der Waals surface area contributed by atoms with Gasteiger partial charge in [-0.25, -0.2) is 9.97 Å². The summed E-state index contributed by atoms with van der Waals surface area (Å²) in [6.45, 7) is 4.35. The Kier molecular flexibility index (Phi) is 2.97. The van der Waals surface area contributed by atoms with Crippen molar-refractivity contribution in [1.29, 1.82) is 0 Å². The molecule has 3 heterocycles. The highest BCUT2D eigenvalue weighted by Crippen LogP contribution is 2.23. The SMILES string of the molecule is CCc1cc(N2CCC3CCC(C2)N3)ncn1. The Morgan fingerprint density at radius 2 is 2.18 bits per heavy atom. The van der Waals surface area contributed by atoms with Crippen LogP contribution in [-0.2, 0) is 6.42 Å². The van der Waals surface area contributed by atoms with Gasteiger partial charge >= 0.3 is 0 Å². The second kappa shape index (κ2) is 4.61. The minimum atomic E-state index is 0.655. The van der Waals surface area contributed by atoms with Crippen molar-refractivity contribution in [3.8, 4) is 0 Å². The van der Waals surface area contributed by atoms with Crippen LogP contribution >= 0.6 is 0 Å². The van der Waals surface area contributed by atoms with E-state index in [4.69, 9.17) is 0 Å². The normalized spacial score (nSPS) is 28.2. The van der Waals surface area contributed by atoms with Gasteiger partial charge in [0.2, 0.25) is 0 Å². The largest absolute Gasteiger partial charge is 0.355 e.